The molecule has 0 bridgehead atoms. The van der Waals surface area contributed by atoms with Crippen molar-refractivity contribution in [2.45, 2.75) is 44.6 Å². The number of ether oxygens (including phenoxy) is 1. The van der Waals surface area contributed by atoms with Crippen molar-refractivity contribution in [3.8, 4) is 0 Å². The lowest BCUT2D eigenvalue weighted by Crippen LogP contribution is -2.18. The highest BCUT2D eigenvalue weighted by Gasteiger charge is 2.27. The first-order chi connectivity index (χ1) is 9.59. The zero-order valence-corrected chi connectivity index (χ0v) is 11.8. The minimum absolute atomic E-state index is 0.0506. The third kappa shape index (κ3) is 3.48. The zero-order chi connectivity index (χ0) is 14.5. The van der Waals surface area contributed by atoms with Crippen LogP contribution in [0.3, 0.4) is 0 Å². The van der Waals surface area contributed by atoms with Gasteiger partial charge in [-0.1, -0.05) is 30.5 Å². The Balaban J connectivity index is 2.16. The fraction of sp³-hybridized carbons (Fsp3) is 0.500. The standard InChI is InChI=1S/C14H16ClNO4/c15-12-9-5-8-11(13(12)16(18)19)14(17)20-10-6-3-1-2-4-7-10/h5,8-10H,1-4,6-7H2. The molecule has 1 aliphatic rings. The van der Waals surface area contributed by atoms with Crippen LogP contribution in [0.15, 0.2) is 18.2 Å². The van der Waals surface area contributed by atoms with Crippen LogP contribution in [0.25, 0.3) is 0 Å². The molecule has 0 radical (unpaired) electrons. The quantitative estimate of drug-likeness (QED) is 0.364. The lowest BCUT2D eigenvalue weighted by molar-refractivity contribution is -0.385. The molecule has 108 valence electrons. The number of rotatable bonds is 3. The second kappa shape index (κ2) is 6.70. The second-order valence-electron chi connectivity index (χ2n) is 4.91. The van der Waals surface area contributed by atoms with Crippen LogP contribution >= 0.6 is 11.6 Å². The normalized spacial score (nSPS) is 16.4. The Morgan fingerprint density at radius 1 is 1.25 bits per heavy atom. The van der Waals surface area contributed by atoms with Crippen LogP contribution in [0.5, 0.6) is 0 Å². The van der Waals surface area contributed by atoms with Crippen molar-refractivity contribution >= 4 is 23.3 Å². The zero-order valence-electron chi connectivity index (χ0n) is 11.0. The number of nitro benzene ring substituents is 1. The van der Waals surface area contributed by atoms with Gasteiger partial charge in [0.1, 0.15) is 16.7 Å². The molecule has 1 fully saturated rings. The third-order valence-corrected chi connectivity index (χ3v) is 3.77. The predicted molar refractivity (Wildman–Crippen MR) is 75.0 cm³/mol. The smallest absolute Gasteiger partial charge is 0.345 e. The van der Waals surface area contributed by atoms with Crippen LogP contribution in [0.4, 0.5) is 5.69 Å². The fourth-order valence-electron chi connectivity index (χ4n) is 2.44. The number of nitrogens with zero attached hydrogens (tertiary/aromatic N) is 1. The van der Waals surface area contributed by atoms with E-state index in [0.29, 0.717) is 0 Å². The molecule has 0 amide bonds. The number of benzene rings is 1. The van der Waals surface area contributed by atoms with E-state index in [1.807, 2.05) is 0 Å². The number of nitro groups is 1. The van der Waals surface area contributed by atoms with E-state index in [1.54, 1.807) is 0 Å². The highest BCUT2D eigenvalue weighted by atomic mass is 35.5. The number of para-hydroxylation sites is 1. The summed E-state index contributed by atoms with van der Waals surface area (Å²) in [7, 11) is 0. The number of carbonyl (C=O) groups excluding carboxylic acids is 1. The molecule has 0 aliphatic heterocycles. The van der Waals surface area contributed by atoms with E-state index in [0.717, 1.165) is 38.5 Å². The van der Waals surface area contributed by atoms with Gasteiger partial charge in [-0.05, 0) is 37.8 Å². The Kier molecular flexibility index (Phi) is 4.95. The van der Waals surface area contributed by atoms with Gasteiger partial charge in [-0.3, -0.25) is 10.1 Å². The first-order valence-corrected chi connectivity index (χ1v) is 7.11. The molecule has 5 nitrogen and oxygen atoms in total. The first kappa shape index (κ1) is 14.8. The first-order valence-electron chi connectivity index (χ1n) is 6.73. The predicted octanol–water partition coefficient (Wildman–Crippen LogP) is 4.13. The Hall–Kier alpha value is -1.62. The summed E-state index contributed by atoms with van der Waals surface area (Å²) in [4.78, 5) is 22.5. The molecule has 1 saturated carbocycles. The number of carbonyl (C=O) groups is 1. The maximum absolute atomic E-state index is 12.1. The number of hydrogen-bond donors (Lipinski definition) is 0. The molecule has 1 aromatic carbocycles. The number of hydrogen-bond acceptors (Lipinski definition) is 4. The summed E-state index contributed by atoms with van der Waals surface area (Å²) in [6.45, 7) is 0. The van der Waals surface area contributed by atoms with E-state index in [2.05, 4.69) is 0 Å². The molecule has 1 aliphatic carbocycles. The molecule has 0 unspecified atom stereocenters. The molecule has 0 saturated heterocycles. The summed E-state index contributed by atoms with van der Waals surface area (Å²) >= 11 is 5.79. The highest BCUT2D eigenvalue weighted by molar-refractivity contribution is 6.33. The van der Waals surface area contributed by atoms with E-state index in [4.69, 9.17) is 16.3 Å². The van der Waals surface area contributed by atoms with Crippen LogP contribution < -0.4 is 0 Å². The minimum atomic E-state index is -0.661. The van der Waals surface area contributed by atoms with Crippen LogP contribution in [-0.4, -0.2) is 17.0 Å². The fourth-order valence-corrected chi connectivity index (χ4v) is 2.68. The van der Waals surface area contributed by atoms with Crippen LogP contribution in [-0.2, 0) is 4.74 Å². The molecule has 0 heterocycles. The third-order valence-electron chi connectivity index (χ3n) is 3.47. The lowest BCUT2D eigenvalue weighted by Gasteiger charge is -2.15. The summed E-state index contributed by atoms with van der Waals surface area (Å²) in [6, 6.07) is 4.28. The van der Waals surface area contributed by atoms with Gasteiger partial charge in [0.05, 0.1) is 4.92 Å². The minimum Gasteiger partial charge on any atom is -0.459 e. The molecule has 2 rings (SSSR count). The average molecular weight is 298 g/mol. The molecule has 0 N–H and O–H groups in total. The van der Waals surface area contributed by atoms with Crippen molar-refractivity contribution in [1.29, 1.82) is 0 Å². The van der Waals surface area contributed by atoms with Crippen LogP contribution in [0.2, 0.25) is 5.02 Å². The molecule has 6 heteroatoms. The van der Waals surface area contributed by atoms with Crippen molar-refractivity contribution in [2.24, 2.45) is 0 Å². The monoisotopic (exact) mass is 297 g/mol. The van der Waals surface area contributed by atoms with Crippen LogP contribution in [0.1, 0.15) is 48.9 Å². The lowest BCUT2D eigenvalue weighted by atomic mass is 10.1. The number of esters is 1. The van der Waals surface area contributed by atoms with Gasteiger partial charge in [0.25, 0.3) is 0 Å². The largest absolute Gasteiger partial charge is 0.459 e. The summed E-state index contributed by atoms with van der Waals surface area (Å²) in [5.41, 5.74) is -0.459. The summed E-state index contributed by atoms with van der Waals surface area (Å²) in [5.74, 6) is -0.661. The molecule has 20 heavy (non-hydrogen) atoms. The van der Waals surface area contributed by atoms with Crippen molar-refractivity contribution in [3.63, 3.8) is 0 Å². The summed E-state index contributed by atoms with van der Waals surface area (Å²) < 4.78 is 5.40. The number of halogens is 1. The average Bonchev–Trinajstić information content (AvgIpc) is 2.66. The Bertz CT molecular complexity index is 510. The van der Waals surface area contributed by atoms with E-state index < -0.39 is 10.9 Å². The maximum Gasteiger partial charge on any atom is 0.345 e. The second-order valence-corrected chi connectivity index (χ2v) is 5.32. The van der Waals surface area contributed by atoms with E-state index in [-0.39, 0.29) is 22.4 Å². The van der Waals surface area contributed by atoms with Crippen molar-refractivity contribution in [2.75, 3.05) is 0 Å². The Morgan fingerprint density at radius 2 is 1.90 bits per heavy atom. The molecule has 1 aromatic rings. The van der Waals surface area contributed by atoms with Crippen molar-refractivity contribution in [1.82, 2.24) is 0 Å². The summed E-state index contributed by atoms with van der Waals surface area (Å²) in [6.07, 6.45) is 5.82. The van der Waals surface area contributed by atoms with E-state index in [9.17, 15) is 14.9 Å². The van der Waals surface area contributed by atoms with Gasteiger partial charge in [-0.25, -0.2) is 4.79 Å². The molecule has 0 spiro atoms. The van der Waals surface area contributed by atoms with Gasteiger partial charge in [0, 0.05) is 0 Å². The van der Waals surface area contributed by atoms with Crippen molar-refractivity contribution in [3.05, 3.63) is 38.9 Å². The van der Waals surface area contributed by atoms with Gasteiger partial charge in [0.15, 0.2) is 0 Å². The highest BCUT2D eigenvalue weighted by Crippen LogP contribution is 2.30. The molecule has 0 aromatic heterocycles. The van der Waals surface area contributed by atoms with Gasteiger partial charge >= 0.3 is 11.7 Å². The van der Waals surface area contributed by atoms with E-state index in [1.165, 1.54) is 18.2 Å². The topological polar surface area (TPSA) is 69.4 Å². The SMILES string of the molecule is O=C(OC1CCCCCC1)c1cccc(Cl)c1[N+](=O)[O-]. The molecule has 0 atom stereocenters. The van der Waals surface area contributed by atoms with Gasteiger partial charge in [-0.2, -0.15) is 0 Å². The van der Waals surface area contributed by atoms with E-state index >= 15 is 0 Å². The van der Waals surface area contributed by atoms with Gasteiger partial charge in [-0.15, -0.1) is 0 Å². The van der Waals surface area contributed by atoms with Crippen molar-refractivity contribution < 1.29 is 14.5 Å². The Morgan fingerprint density at radius 3 is 2.50 bits per heavy atom. The Labute approximate surface area is 122 Å². The van der Waals surface area contributed by atoms with Crippen LogP contribution in [0, 0.1) is 10.1 Å². The summed E-state index contributed by atoms with van der Waals surface area (Å²) in [5, 5.41) is 11.0. The van der Waals surface area contributed by atoms with Gasteiger partial charge in [0.2, 0.25) is 0 Å². The molecular formula is C14H16ClNO4. The van der Waals surface area contributed by atoms with Gasteiger partial charge < -0.3 is 4.74 Å². The maximum atomic E-state index is 12.1. The molecular weight excluding hydrogens is 282 g/mol.